The number of benzene rings is 3. The van der Waals surface area contributed by atoms with E-state index in [9.17, 15) is 19.6 Å². The lowest BCUT2D eigenvalue weighted by Crippen LogP contribution is -2.30. The summed E-state index contributed by atoms with van der Waals surface area (Å²) in [5, 5.41) is 13.9. The summed E-state index contributed by atoms with van der Waals surface area (Å²) in [7, 11) is 0. The van der Waals surface area contributed by atoms with Crippen LogP contribution in [0.2, 0.25) is 0 Å². The van der Waals surface area contributed by atoms with E-state index in [4.69, 9.17) is 4.42 Å². The summed E-state index contributed by atoms with van der Waals surface area (Å²) in [4.78, 5) is 37.2. The van der Waals surface area contributed by atoms with E-state index in [0.29, 0.717) is 16.8 Å². The summed E-state index contributed by atoms with van der Waals surface area (Å²) < 4.78 is 6.46. The largest absolute Gasteiger partial charge is 0.419 e. The normalized spacial score (nSPS) is 11.8. The van der Waals surface area contributed by atoms with Crippen LogP contribution >= 0.6 is 0 Å². The Hall–Kier alpha value is -4.18. The van der Waals surface area contributed by atoms with Crippen molar-refractivity contribution in [2.75, 3.05) is 5.32 Å². The third-order valence-electron chi connectivity index (χ3n) is 4.92. The van der Waals surface area contributed by atoms with Crippen LogP contribution in [0.15, 0.2) is 75.9 Å². The number of nitriles is 1. The van der Waals surface area contributed by atoms with Gasteiger partial charge in [-0.2, -0.15) is 5.26 Å². The number of Topliss-reactive ketones (excluding diaryl/α,β-unsaturated/α-hetero) is 1. The number of rotatable bonds is 6. The Morgan fingerprint density at radius 1 is 1.03 bits per heavy atom. The minimum Gasteiger partial charge on any atom is -0.408 e. The zero-order chi connectivity index (χ0) is 21.1. The van der Waals surface area contributed by atoms with E-state index in [1.807, 2.05) is 30.3 Å². The van der Waals surface area contributed by atoms with Crippen molar-refractivity contribution >= 4 is 39.2 Å². The van der Waals surface area contributed by atoms with E-state index in [1.54, 1.807) is 42.5 Å². The Labute approximate surface area is 171 Å². The molecule has 0 bridgehead atoms. The molecule has 30 heavy (non-hydrogen) atoms. The summed E-state index contributed by atoms with van der Waals surface area (Å²) in [6, 6.07) is 21.5. The fourth-order valence-electron chi connectivity index (χ4n) is 3.41. The average molecular weight is 399 g/mol. The number of amides is 1. The molecule has 0 aliphatic rings. The van der Waals surface area contributed by atoms with Crippen LogP contribution in [0.1, 0.15) is 6.42 Å². The first kappa shape index (κ1) is 19.2. The van der Waals surface area contributed by atoms with Gasteiger partial charge >= 0.3 is 5.76 Å². The van der Waals surface area contributed by atoms with Crippen molar-refractivity contribution in [1.29, 1.82) is 5.26 Å². The Kier molecular flexibility index (Phi) is 5.14. The zero-order valence-corrected chi connectivity index (χ0v) is 15.9. The fourth-order valence-corrected chi connectivity index (χ4v) is 3.41. The standard InChI is InChI=1S/C23H17N3O4/c24-14-17(22(28)25-18-9-5-7-15-6-1-2-8-16(15)18)20(27)12-13-26-19-10-3-4-11-21(19)30-23(26)29/h1-11,17H,12-13H2,(H,25,28). The highest BCUT2D eigenvalue weighted by Crippen LogP contribution is 2.23. The molecule has 0 saturated carbocycles. The van der Waals surface area contributed by atoms with Crippen LogP contribution in [-0.2, 0) is 16.1 Å². The molecule has 3 aromatic carbocycles. The first-order valence-corrected chi connectivity index (χ1v) is 9.38. The van der Waals surface area contributed by atoms with Crippen LogP contribution in [0.25, 0.3) is 21.9 Å². The number of oxazole rings is 1. The van der Waals surface area contributed by atoms with E-state index in [1.165, 1.54) is 4.57 Å². The van der Waals surface area contributed by atoms with Crippen molar-refractivity contribution < 1.29 is 14.0 Å². The minimum absolute atomic E-state index is 0.0222. The van der Waals surface area contributed by atoms with Crippen molar-refractivity contribution in [2.45, 2.75) is 13.0 Å². The first-order chi connectivity index (χ1) is 14.6. The third-order valence-corrected chi connectivity index (χ3v) is 4.92. The molecule has 1 N–H and O–H groups in total. The Bertz CT molecular complexity index is 1350. The second-order valence-corrected chi connectivity index (χ2v) is 6.78. The van der Waals surface area contributed by atoms with Crippen LogP contribution in [0.3, 0.4) is 0 Å². The van der Waals surface area contributed by atoms with Crippen molar-refractivity contribution in [1.82, 2.24) is 4.57 Å². The van der Waals surface area contributed by atoms with Crippen LogP contribution in [-0.4, -0.2) is 16.3 Å². The number of hydrogen-bond donors (Lipinski definition) is 1. The quantitative estimate of drug-likeness (QED) is 0.500. The van der Waals surface area contributed by atoms with Crippen LogP contribution in [0, 0.1) is 17.2 Å². The molecule has 4 rings (SSSR count). The molecular formula is C23H17N3O4. The second kappa shape index (κ2) is 8.05. The minimum atomic E-state index is -1.47. The van der Waals surface area contributed by atoms with Gasteiger partial charge in [0.1, 0.15) is 0 Å². The van der Waals surface area contributed by atoms with E-state index in [2.05, 4.69) is 5.32 Å². The molecular weight excluding hydrogens is 382 g/mol. The van der Waals surface area contributed by atoms with Gasteiger partial charge in [-0.1, -0.05) is 48.5 Å². The maximum absolute atomic E-state index is 12.6. The molecule has 1 aromatic heterocycles. The van der Waals surface area contributed by atoms with Crippen molar-refractivity contribution in [3.63, 3.8) is 0 Å². The van der Waals surface area contributed by atoms with Crippen LogP contribution < -0.4 is 11.1 Å². The van der Waals surface area contributed by atoms with Gasteiger partial charge < -0.3 is 9.73 Å². The molecule has 7 heteroatoms. The van der Waals surface area contributed by atoms with E-state index >= 15 is 0 Å². The molecule has 0 spiro atoms. The predicted octanol–water partition coefficient (Wildman–Crippen LogP) is 3.49. The summed E-state index contributed by atoms with van der Waals surface area (Å²) in [5.74, 6) is -3.31. The lowest BCUT2D eigenvalue weighted by atomic mass is 10.0. The van der Waals surface area contributed by atoms with Gasteiger partial charge in [-0.15, -0.1) is 0 Å². The molecule has 4 aromatic rings. The SMILES string of the molecule is N#CC(C(=O)CCn1c(=O)oc2ccccc21)C(=O)Nc1cccc2ccccc12. The molecule has 0 saturated heterocycles. The van der Waals surface area contributed by atoms with Crippen LogP contribution in [0.5, 0.6) is 0 Å². The van der Waals surface area contributed by atoms with Gasteiger partial charge in [0.25, 0.3) is 0 Å². The smallest absolute Gasteiger partial charge is 0.408 e. The number of aromatic nitrogens is 1. The van der Waals surface area contributed by atoms with Gasteiger partial charge in [-0.05, 0) is 23.6 Å². The summed E-state index contributed by atoms with van der Waals surface area (Å²) in [6.45, 7) is 0.0222. The van der Waals surface area contributed by atoms with Crippen molar-refractivity contribution in [2.24, 2.45) is 5.92 Å². The predicted molar refractivity (Wildman–Crippen MR) is 112 cm³/mol. The highest BCUT2D eigenvalue weighted by Gasteiger charge is 2.27. The highest BCUT2D eigenvalue weighted by molar-refractivity contribution is 6.12. The third kappa shape index (κ3) is 3.59. The van der Waals surface area contributed by atoms with E-state index in [0.717, 1.165) is 10.8 Å². The van der Waals surface area contributed by atoms with Crippen molar-refractivity contribution in [3.05, 3.63) is 77.3 Å². The van der Waals surface area contributed by atoms with Gasteiger partial charge in [-0.3, -0.25) is 14.2 Å². The molecule has 1 unspecified atom stereocenters. The number of fused-ring (bicyclic) bond motifs is 2. The fraction of sp³-hybridized carbons (Fsp3) is 0.130. The highest BCUT2D eigenvalue weighted by atomic mass is 16.4. The second-order valence-electron chi connectivity index (χ2n) is 6.78. The average Bonchev–Trinajstić information content (AvgIpc) is 3.08. The molecule has 0 fully saturated rings. The van der Waals surface area contributed by atoms with Crippen LogP contribution in [0.4, 0.5) is 5.69 Å². The molecule has 0 radical (unpaired) electrons. The number of nitrogens with one attached hydrogen (secondary N) is 1. The lowest BCUT2D eigenvalue weighted by molar-refractivity contribution is -0.129. The lowest BCUT2D eigenvalue weighted by Gasteiger charge is -2.12. The molecule has 0 aliphatic carbocycles. The Morgan fingerprint density at radius 3 is 2.60 bits per heavy atom. The van der Waals surface area contributed by atoms with Gasteiger partial charge in [0.05, 0.1) is 11.6 Å². The zero-order valence-electron chi connectivity index (χ0n) is 15.9. The molecule has 7 nitrogen and oxygen atoms in total. The summed E-state index contributed by atoms with van der Waals surface area (Å²) in [6.07, 6.45) is -0.148. The number of ketones is 1. The monoisotopic (exact) mass is 399 g/mol. The number of carbonyl (C=O) groups is 2. The van der Waals surface area contributed by atoms with Gasteiger partial charge in [0.15, 0.2) is 17.3 Å². The maximum atomic E-state index is 12.6. The summed E-state index contributed by atoms with van der Waals surface area (Å²) in [5.41, 5.74) is 1.51. The number of aryl methyl sites for hydroxylation is 1. The maximum Gasteiger partial charge on any atom is 0.419 e. The number of nitrogens with zero attached hydrogens (tertiary/aromatic N) is 2. The number of anilines is 1. The van der Waals surface area contributed by atoms with Gasteiger partial charge in [0, 0.05) is 24.0 Å². The number of hydrogen-bond acceptors (Lipinski definition) is 5. The molecule has 1 amide bonds. The number of para-hydroxylation sites is 2. The molecule has 148 valence electrons. The first-order valence-electron chi connectivity index (χ1n) is 9.38. The molecule has 1 heterocycles. The molecule has 1 atom stereocenters. The van der Waals surface area contributed by atoms with Gasteiger partial charge in [0.2, 0.25) is 5.91 Å². The van der Waals surface area contributed by atoms with E-state index < -0.39 is 23.4 Å². The Morgan fingerprint density at radius 2 is 1.77 bits per heavy atom. The topological polar surface area (TPSA) is 105 Å². The number of carbonyl (C=O) groups excluding carboxylic acids is 2. The van der Waals surface area contributed by atoms with E-state index in [-0.39, 0.29) is 13.0 Å². The van der Waals surface area contributed by atoms with Gasteiger partial charge in [-0.25, -0.2) is 4.79 Å². The summed E-state index contributed by atoms with van der Waals surface area (Å²) >= 11 is 0. The Balaban J connectivity index is 1.50. The molecule has 0 aliphatic heterocycles. The van der Waals surface area contributed by atoms with Crippen molar-refractivity contribution in [3.8, 4) is 6.07 Å².